The predicted molar refractivity (Wildman–Crippen MR) is 306 cm³/mol. The van der Waals surface area contributed by atoms with Gasteiger partial charge >= 0.3 is 0 Å². The zero-order valence-electron chi connectivity index (χ0n) is 45.2. The molecule has 12 rings (SSSR count). The van der Waals surface area contributed by atoms with Crippen molar-refractivity contribution in [1.29, 1.82) is 0 Å². The molecule has 7 aromatic rings. The summed E-state index contributed by atoms with van der Waals surface area (Å²) in [5.74, 6) is 0. The molecular formula is C67H74BN3. The Hall–Kier alpha value is -6.00. The molecule has 3 nitrogen and oxygen atoms in total. The Labute approximate surface area is 426 Å². The number of hydrogen-bond acceptors (Lipinski definition) is 3. The Morgan fingerprint density at radius 3 is 1.45 bits per heavy atom. The standard InChI is InChI=1S/C67H74BN3/c1-42-33-59-61-60(34-42)71(57-39-52-49(35-43(57)2)63(5,6)31-32-65(52,9)10)58-40-53-51(66(11,12)41-67(53,13)14)38-55(58)68(61)54-37-47(69(44-21-17-15-18-22-44)45-23-19-16-20-24-45)26-28-56(54)70(59)46-25-27-48-50(36-46)64(7,8)30-29-62(48,3)4/h15-28,33-40H,29-32,41H2,1-14H3. The summed E-state index contributed by atoms with van der Waals surface area (Å²) in [6, 6.07) is 52.3. The highest BCUT2D eigenvalue weighted by Gasteiger charge is 2.49. The predicted octanol–water partition coefficient (Wildman–Crippen LogP) is 16.5. The summed E-state index contributed by atoms with van der Waals surface area (Å²) in [5.41, 5.74) is 27.3. The van der Waals surface area contributed by atoms with Crippen LogP contribution in [0.1, 0.15) is 160 Å². The summed E-state index contributed by atoms with van der Waals surface area (Å²) in [6.45, 7) is 34.3. The van der Waals surface area contributed by atoms with Crippen LogP contribution in [0.15, 0.2) is 133 Å². The van der Waals surface area contributed by atoms with Gasteiger partial charge in [0.05, 0.1) is 0 Å². The quantitative estimate of drug-likeness (QED) is 0.159. The summed E-state index contributed by atoms with van der Waals surface area (Å²) in [6.07, 6.45) is 5.85. The molecule has 0 unspecified atom stereocenters. The van der Waals surface area contributed by atoms with Crippen molar-refractivity contribution in [2.24, 2.45) is 0 Å². The van der Waals surface area contributed by atoms with Gasteiger partial charge in [0.25, 0.3) is 6.71 Å². The number of rotatable bonds is 5. The molecule has 5 aliphatic rings. The number of hydrogen-bond donors (Lipinski definition) is 0. The highest BCUT2D eigenvalue weighted by atomic mass is 15.2. The number of nitrogens with zero attached hydrogens (tertiary/aromatic N) is 3. The molecule has 2 heterocycles. The fraction of sp³-hybridized carbons (Fsp3) is 0.373. The Morgan fingerprint density at radius 2 is 0.859 bits per heavy atom. The van der Waals surface area contributed by atoms with Crippen molar-refractivity contribution < 1.29 is 0 Å². The fourth-order valence-corrected chi connectivity index (χ4v) is 14.5. The zero-order chi connectivity index (χ0) is 49.9. The second-order valence-electron chi connectivity index (χ2n) is 26.4. The van der Waals surface area contributed by atoms with Gasteiger partial charge in [0, 0.05) is 51.2 Å². The molecule has 71 heavy (non-hydrogen) atoms. The summed E-state index contributed by atoms with van der Waals surface area (Å²) in [5, 5.41) is 0. The monoisotopic (exact) mass is 932 g/mol. The van der Waals surface area contributed by atoms with Crippen molar-refractivity contribution in [2.75, 3.05) is 14.7 Å². The van der Waals surface area contributed by atoms with Crippen LogP contribution in [0, 0.1) is 13.8 Å². The third kappa shape index (κ3) is 6.96. The van der Waals surface area contributed by atoms with Gasteiger partial charge in [0.2, 0.25) is 0 Å². The second-order valence-corrected chi connectivity index (χ2v) is 26.4. The van der Waals surface area contributed by atoms with Crippen LogP contribution in [0.5, 0.6) is 0 Å². The molecule has 0 amide bonds. The van der Waals surface area contributed by atoms with Crippen molar-refractivity contribution in [1.82, 2.24) is 0 Å². The van der Waals surface area contributed by atoms with E-state index >= 15 is 0 Å². The number of aryl methyl sites for hydroxylation is 2. The molecule has 0 saturated heterocycles. The first-order valence-corrected chi connectivity index (χ1v) is 26.8. The molecule has 4 heteroatoms. The van der Waals surface area contributed by atoms with Crippen LogP contribution in [-0.2, 0) is 32.5 Å². The number of benzene rings is 7. The van der Waals surface area contributed by atoms with E-state index in [1.54, 1.807) is 0 Å². The van der Waals surface area contributed by atoms with Gasteiger partial charge in [-0.25, -0.2) is 0 Å². The third-order valence-corrected chi connectivity index (χ3v) is 18.5. The van der Waals surface area contributed by atoms with E-state index in [-0.39, 0.29) is 39.2 Å². The normalized spacial score (nSPS) is 19.7. The van der Waals surface area contributed by atoms with Gasteiger partial charge in [0.15, 0.2) is 0 Å². The first-order chi connectivity index (χ1) is 33.5. The van der Waals surface area contributed by atoms with Crippen molar-refractivity contribution >= 4 is 74.3 Å². The molecule has 0 bridgehead atoms. The van der Waals surface area contributed by atoms with E-state index in [9.17, 15) is 0 Å². The second kappa shape index (κ2) is 15.3. The van der Waals surface area contributed by atoms with Gasteiger partial charge in [-0.3, -0.25) is 0 Å². The highest BCUT2D eigenvalue weighted by molar-refractivity contribution is 7.00. The maximum absolute atomic E-state index is 2.73. The topological polar surface area (TPSA) is 9.72 Å². The Balaban J connectivity index is 1.19. The molecule has 0 saturated carbocycles. The largest absolute Gasteiger partial charge is 0.311 e. The third-order valence-electron chi connectivity index (χ3n) is 18.5. The van der Waals surface area contributed by atoms with E-state index in [2.05, 4.69) is 245 Å². The summed E-state index contributed by atoms with van der Waals surface area (Å²) >= 11 is 0. The molecule has 0 spiro atoms. The number of anilines is 9. The van der Waals surface area contributed by atoms with Crippen molar-refractivity contribution in [3.8, 4) is 0 Å². The molecule has 0 N–H and O–H groups in total. The van der Waals surface area contributed by atoms with Crippen molar-refractivity contribution in [2.45, 2.75) is 162 Å². The van der Waals surface area contributed by atoms with Crippen LogP contribution >= 0.6 is 0 Å². The van der Waals surface area contributed by atoms with Crippen molar-refractivity contribution in [3.63, 3.8) is 0 Å². The summed E-state index contributed by atoms with van der Waals surface area (Å²) < 4.78 is 0. The van der Waals surface area contributed by atoms with Crippen LogP contribution in [0.25, 0.3) is 0 Å². The summed E-state index contributed by atoms with van der Waals surface area (Å²) in [7, 11) is 0. The fourth-order valence-electron chi connectivity index (χ4n) is 14.5. The van der Waals surface area contributed by atoms with Gasteiger partial charge in [-0.05, 0) is 218 Å². The van der Waals surface area contributed by atoms with Gasteiger partial charge in [-0.15, -0.1) is 0 Å². The molecule has 0 radical (unpaired) electrons. The molecule has 3 aliphatic carbocycles. The van der Waals surface area contributed by atoms with Crippen LogP contribution in [0.3, 0.4) is 0 Å². The molecule has 0 atom stereocenters. The van der Waals surface area contributed by atoms with E-state index in [4.69, 9.17) is 0 Å². The lowest BCUT2D eigenvalue weighted by molar-refractivity contribution is 0.332. The van der Waals surface area contributed by atoms with E-state index in [0.29, 0.717) is 0 Å². The van der Waals surface area contributed by atoms with Crippen LogP contribution in [0.4, 0.5) is 51.2 Å². The first kappa shape index (κ1) is 46.1. The Morgan fingerprint density at radius 1 is 0.380 bits per heavy atom. The number of para-hydroxylation sites is 2. The molecule has 2 aliphatic heterocycles. The first-order valence-electron chi connectivity index (χ1n) is 26.8. The zero-order valence-corrected chi connectivity index (χ0v) is 45.2. The van der Waals surface area contributed by atoms with E-state index in [1.165, 1.54) is 121 Å². The maximum atomic E-state index is 2.73. The highest BCUT2D eigenvalue weighted by Crippen LogP contribution is 2.56. The maximum Gasteiger partial charge on any atom is 0.252 e. The van der Waals surface area contributed by atoms with Gasteiger partial charge < -0.3 is 14.7 Å². The average molecular weight is 932 g/mol. The average Bonchev–Trinajstić information content (AvgIpc) is 3.50. The van der Waals surface area contributed by atoms with E-state index in [0.717, 1.165) is 23.5 Å². The lowest BCUT2D eigenvalue weighted by Crippen LogP contribution is -2.61. The lowest BCUT2D eigenvalue weighted by Gasteiger charge is -2.47. The minimum absolute atomic E-state index is 0.0161. The van der Waals surface area contributed by atoms with Crippen LogP contribution < -0.4 is 31.1 Å². The Kier molecular flexibility index (Phi) is 9.91. The van der Waals surface area contributed by atoms with Gasteiger partial charge in [-0.1, -0.05) is 138 Å². The summed E-state index contributed by atoms with van der Waals surface area (Å²) in [4.78, 5) is 7.84. The molecule has 0 fully saturated rings. The van der Waals surface area contributed by atoms with Crippen LogP contribution in [0.2, 0.25) is 0 Å². The van der Waals surface area contributed by atoms with E-state index in [1.807, 2.05) is 0 Å². The molecule has 0 aromatic heterocycles. The van der Waals surface area contributed by atoms with Crippen LogP contribution in [-0.4, -0.2) is 6.71 Å². The van der Waals surface area contributed by atoms with Crippen molar-refractivity contribution in [3.05, 3.63) is 178 Å². The lowest BCUT2D eigenvalue weighted by atomic mass is 9.33. The number of fused-ring (bicyclic) bond motifs is 7. The minimum Gasteiger partial charge on any atom is -0.311 e. The molecule has 360 valence electrons. The molecular weight excluding hydrogens is 858 g/mol. The minimum atomic E-state index is -0.0161. The smallest absolute Gasteiger partial charge is 0.252 e. The van der Waals surface area contributed by atoms with E-state index < -0.39 is 0 Å². The Bertz CT molecular complexity index is 3290. The SMILES string of the molecule is Cc1cc2c3c(c1)N(c1cc4c(cc1C)C(C)(C)CCC4(C)C)c1cc4c(cc1B3c1cc(N(c3ccccc3)c3ccccc3)ccc1N2c1ccc2c(c1)C(C)(C)CCC2(C)C)C(C)(C)CC4(C)C. The molecule has 7 aromatic carbocycles. The van der Waals surface area contributed by atoms with Gasteiger partial charge in [0.1, 0.15) is 0 Å². The van der Waals surface area contributed by atoms with Gasteiger partial charge in [-0.2, -0.15) is 0 Å².